The number of methoxy groups -OCH3 is 1. The average Bonchev–Trinajstić information content (AvgIpc) is 2.50. The summed E-state index contributed by atoms with van der Waals surface area (Å²) in [7, 11) is 1.20. The third kappa shape index (κ3) is 4.87. The van der Waals surface area contributed by atoms with Crippen molar-refractivity contribution >= 4 is 5.97 Å². The fraction of sp³-hybridized carbons (Fsp3) is 0.667. The molecule has 2 heterocycles. The summed E-state index contributed by atoms with van der Waals surface area (Å²) in [5.41, 5.74) is -1.74. The van der Waals surface area contributed by atoms with E-state index in [1.807, 2.05) is 13.8 Å². The molecule has 0 radical (unpaired) electrons. The van der Waals surface area contributed by atoms with E-state index >= 15 is 0 Å². The zero-order chi connectivity index (χ0) is 19.5. The van der Waals surface area contributed by atoms with Crippen LogP contribution in [0.4, 0.5) is 13.2 Å². The van der Waals surface area contributed by atoms with Crippen molar-refractivity contribution in [3.05, 3.63) is 33.7 Å². The standard InChI is InChI=1S/C18H25F3N2O3/c1-12(2)9-15(17(25)26-3)23-11-13(5-8-22-6-4-7-22)14(10-16(23)24)18(19,20)21/h10-12,15H,4-9H2,1-3H3. The molecule has 5 nitrogen and oxygen atoms in total. The number of carbonyl (C=O) groups is 1. The molecule has 0 spiro atoms. The lowest BCUT2D eigenvalue weighted by atomic mass is 10.0. The summed E-state index contributed by atoms with van der Waals surface area (Å²) < 4.78 is 45.9. The summed E-state index contributed by atoms with van der Waals surface area (Å²) in [6, 6.07) is -0.334. The van der Waals surface area contributed by atoms with Gasteiger partial charge < -0.3 is 14.2 Å². The normalized spacial score (nSPS) is 16.4. The molecule has 0 N–H and O–H groups in total. The Morgan fingerprint density at radius 3 is 2.42 bits per heavy atom. The molecule has 0 bridgehead atoms. The lowest BCUT2D eigenvalue weighted by Gasteiger charge is -2.31. The van der Waals surface area contributed by atoms with Gasteiger partial charge >= 0.3 is 12.1 Å². The summed E-state index contributed by atoms with van der Waals surface area (Å²) in [6.45, 7) is 5.98. The molecule has 26 heavy (non-hydrogen) atoms. The Morgan fingerprint density at radius 1 is 1.31 bits per heavy atom. The fourth-order valence-electron chi connectivity index (χ4n) is 3.09. The summed E-state index contributed by atoms with van der Waals surface area (Å²) in [5.74, 6) is -0.563. The first-order valence-electron chi connectivity index (χ1n) is 8.76. The van der Waals surface area contributed by atoms with E-state index < -0.39 is 29.3 Å². The first-order chi connectivity index (χ1) is 12.1. The minimum absolute atomic E-state index is 0.0293. The van der Waals surface area contributed by atoms with E-state index in [-0.39, 0.29) is 17.9 Å². The van der Waals surface area contributed by atoms with Crippen LogP contribution in [0.1, 0.15) is 43.9 Å². The van der Waals surface area contributed by atoms with Crippen LogP contribution in [0.15, 0.2) is 17.1 Å². The number of ether oxygens (including phenoxy) is 1. The third-order valence-corrected chi connectivity index (χ3v) is 4.62. The molecular formula is C18H25F3N2O3. The molecule has 8 heteroatoms. The van der Waals surface area contributed by atoms with E-state index in [4.69, 9.17) is 4.74 Å². The van der Waals surface area contributed by atoms with E-state index in [9.17, 15) is 22.8 Å². The lowest BCUT2D eigenvalue weighted by molar-refractivity contribution is -0.145. The van der Waals surface area contributed by atoms with Crippen LogP contribution in [-0.2, 0) is 22.1 Å². The molecule has 0 amide bonds. The zero-order valence-electron chi connectivity index (χ0n) is 15.3. The molecule has 1 saturated heterocycles. The number of hydrogen-bond donors (Lipinski definition) is 0. The van der Waals surface area contributed by atoms with E-state index in [1.165, 1.54) is 13.3 Å². The quantitative estimate of drug-likeness (QED) is 0.689. The fourth-order valence-corrected chi connectivity index (χ4v) is 3.09. The van der Waals surface area contributed by atoms with Crippen LogP contribution in [0.25, 0.3) is 0 Å². The summed E-state index contributed by atoms with van der Waals surface area (Å²) >= 11 is 0. The Morgan fingerprint density at radius 2 is 1.96 bits per heavy atom. The van der Waals surface area contributed by atoms with Gasteiger partial charge in [-0.05, 0) is 43.8 Å². The van der Waals surface area contributed by atoms with Crippen LogP contribution in [0, 0.1) is 5.92 Å². The van der Waals surface area contributed by atoms with Crippen LogP contribution in [0.5, 0.6) is 0 Å². The molecule has 1 atom stereocenters. The van der Waals surface area contributed by atoms with Crippen LogP contribution < -0.4 is 5.56 Å². The summed E-state index contributed by atoms with van der Waals surface area (Å²) in [6.07, 6.45) is -1.89. The Labute approximate surface area is 150 Å². The zero-order valence-corrected chi connectivity index (χ0v) is 15.3. The summed E-state index contributed by atoms with van der Waals surface area (Å²) in [5, 5.41) is 0. The predicted octanol–water partition coefficient (Wildman–Crippen LogP) is 2.88. The third-order valence-electron chi connectivity index (χ3n) is 4.62. The van der Waals surface area contributed by atoms with Gasteiger partial charge in [-0.15, -0.1) is 0 Å². The van der Waals surface area contributed by atoms with Crippen LogP contribution in [0.3, 0.4) is 0 Å². The number of aromatic nitrogens is 1. The Hall–Kier alpha value is -1.83. The van der Waals surface area contributed by atoms with Crippen LogP contribution in [0.2, 0.25) is 0 Å². The van der Waals surface area contributed by atoms with Crippen molar-refractivity contribution in [1.29, 1.82) is 0 Å². The van der Waals surface area contributed by atoms with Gasteiger partial charge in [0.05, 0.1) is 12.7 Å². The van der Waals surface area contributed by atoms with Gasteiger partial charge in [0, 0.05) is 18.8 Å². The van der Waals surface area contributed by atoms with E-state index in [0.717, 1.165) is 24.1 Å². The van der Waals surface area contributed by atoms with Crippen LogP contribution >= 0.6 is 0 Å². The van der Waals surface area contributed by atoms with Crippen molar-refractivity contribution in [1.82, 2.24) is 9.47 Å². The molecule has 0 aliphatic carbocycles. The average molecular weight is 374 g/mol. The van der Waals surface area contributed by atoms with Gasteiger partial charge in [0.2, 0.25) is 0 Å². The molecule has 1 aromatic heterocycles. The smallest absolute Gasteiger partial charge is 0.416 e. The second-order valence-corrected chi connectivity index (χ2v) is 7.07. The molecule has 1 unspecified atom stereocenters. The Balaban J connectivity index is 2.44. The van der Waals surface area contributed by atoms with Crippen molar-refractivity contribution in [2.75, 3.05) is 26.7 Å². The van der Waals surface area contributed by atoms with Crippen molar-refractivity contribution in [2.24, 2.45) is 5.92 Å². The second kappa shape index (κ2) is 8.24. The number of pyridine rings is 1. The Bertz CT molecular complexity index is 694. The van der Waals surface area contributed by atoms with Crippen molar-refractivity contribution in [2.45, 2.75) is 45.3 Å². The number of hydrogen-bond acceptors (Lipinski definition) is 4. The van der Waals surface area contributed by atoms with Crippen molar-refractivity contribution < 1.29 is 22.7 Å². The Kier molecular flexibility index (Phi) is 6.49. The van der Waals surface area contributed by atoms with Crippen LogP contribution in [-0.4, -0.2) is 42.2 Å². The monoisotopic (exact) mass is 374 g/mol. The molecule has 1 aromatic rings. The van der Waals surface area contributed by atoms with Gasteiger partial charge in [-0.1, -0.05) is 13.8 Å². The number of nitrogens with zero attached hydrogens (tertiary/aromatic N) is 2. The van der Waals surface area contributed by atoms with Gasteiger partial charge in [-0.3, -0.25) is 4.79 Å². The van der Waals surface area contributed by atoms with Gasteiger partial charge in [0.15, 0.2) is 0 Å². The summed E-state index contributed by atoms with van der Waals surface area (Å²) in [4.78, 5) is 26.5. The molecule has 146 valence electrons. The molecule has 0 saturated carbocycles. The largest absolute Gasteiger partial charge is 0.467 e. The first-order valence-corrected chi connectivity index (χ1v) is 8.76. The number of rotatable bonds is 7. The van der Waals surface area contributed by atoms with Crippen molar-refractivity contribution in [3.8, 4) is 0 Å². The molecular weight excluding hydrogens is 349 g/mol. The molecule has 1 aliphatic heterocycles. The topological polar surface area (TPSA) is 51.5 Å². The molecule has 2 rings (SSSR count). The minimum Gasteiger partial charge on any atom is -0.467 e. The first kappa shape index (κ1) is 20.5. The number of likely N-dealkylation sites (tertiary alicyclic amines) is 1. The second-order valence-electron chi connectivity index (χ2n) is 7.07. The molecule has 1 fully saturated rings. The SMILES string of the molecule is COC(=O)C(CC(C)C)n1cc(CCN2CCC2)c(C(F)(F)F)cc1=O. The molecule has 1 aliphatic rings. The van der Waals surface area contributed by atoms with Gasteiger partial charge in [-0.2, -0.15) is 13.2 Å². The molecule has 0 aromatic carbocycles. The highest BCUT2D eigenvalue weighted by Gasteiger charge is 2.35. The van der Waals surface area contributed by atoms with Gasteiger partial charge in [0.1, 0.15) is 6.04 Å². The van der Waals surface area contributed by atoms with E-state index in [2.05, 4.69) is 4.90 Å². The van der Waals surface area contributed by atoms with Gasteiger partial charge in [0.25, 0.3) is 5.56 Å². The maximum Gasteiger partial charge on any atom is 0.416 e. The highest BCUT2D eigenvalue weighted by molar-refractivity contribution is 5.74. The number of esters is 1. The maximum absolute atomic E-state index is 13.4. The highest BCUT2D eigenvalue weighted by atomic mass is 19.4. The predicted molar refractivity (Wildman–Crippen MR) is 91.0 cm³/mol. The van der Waals surface area contributed by atoms with Crippen molar-refractivity contribution in [3.63, 3.8) is 0 Å². The maximum atomic E-state index is 13.4. The highest BCUT2D eigenvalue weighted by Crippen LogP contribution is 2.32. The van der Waals surface area contributed by atoms with Gasteiger partial charge in [-0.25, -0.2) is 4.79 Å². The number of halogens is 3. The van der Waals surface area contributed by atoms with E-state index in [0.29, 0.717) is 19.0 Å². The number of alkyl halides is 3. The minimum atomic E-state index is -4.61. The number of carbonyl (C=O) groups excluding carboxylic acids is 1. The van der Waals surface area contributed by atoms with E-state index in [1.54, 1.807) is 0 Å². The lowest BCUT2D eigenvalue weighted by Crippen LogP contribution is -2.39.